The van der Waals surface area contributed by atoms with E-state index in [1.807, 2.05) is 12.1 Å². The number of hydrogen-bond donors (Lipinski definition) is 1. The molecule has 0 spiro atoms. The van der Waals surface area contributed by atoms with E-state index in [2.05, 4.69) is 46.2 Å². The molecular formula is C16H10BrFN6OS. The van der Waals surface area contributed by atoms with Gasteiger partial charge < -0.3 is 4.52 Å². The number of aromatic amines is 1. The summed E-state index contributed by atoms with van der Waals surface area (Å²) in [6.45, 7) is 0. The highest BCUT2D eigenvalue weighted by molar-refractivity contribution is 9.10. The van der Waals surface area contributed by atoms with Gasteiger partial charge in [0.2, 0.25) is 5.16 Å². The van der Waals surface area contributed by atoms with Crippen molar-refractivity contribution < 1.29 is 8.91 Å². The number of rotatable bonds is 5. The van der Waals surface area contributed by atoms with E-state index in [0.717, 1.165) is 10.0 Å². The van der Waals surface area contributed by atoms with Crippen LogP contribution in [0.2, 0.25) is 0 Å². The third kappa shape index (κ3) is 3.65. The zero-order valence-corrected chi connectivity index (χ0v) is 15.5. The molecule has 3 heterocycles. The first-order valence-corrected chi connectivity index (χ1v) is 9.20. The molecule has 4 aromatic rings. The number of halogens is 2. The molecule has 0 atom stereocenters. The number of nitrogens with one attached hydrogen (secondary N) is 1. The maximum Gasteiger partial charge on any atom is 0.260 e. The maximum absolute atomic E-state index is 13.9. The van der Waals surface area contributed by atoms with Crippen molar-refractivity contribution in [3.05, 3.63) is 58.8 Å². The van der Waals surface area contributed by atoms with Crippen LogP contribution in [0.25, 0.3) is 22.8 Å². The Kier molecular flexibility index (Phi) is 4.76. The molecule has 0 aliphatic carbocycles. The second-order valence-electron chi connectivity index (χ2n) is 5.14. The number of benzene rings is 1. The van der Waals surface area contributed by atoms with Gasteiger partial charge in [0.1, 0.15) is 5.82 Å². The molecule has 4 rings (SSSR count). The molecule has 0 unspecified atom stereocenters. The molecule has 1 aromatic carbocycles. The Morgan fingerprint density at radius 1 is 1.23 bits per heavy atom. The third-order valence-electron chi connectivity index (χ3n) is 3.36. The molecule has 0 amide bonds. The van der Waals surface area contributed by atoms with E-state index in [9.17, 15) is 4.39 Å². The minimum absolute atomic E-state index is 0.130. The normalized spacial score (nSPS) is 11.0. The summed E-state index contributed by atoms with van der Waals surface area (Å²) in [5, 5.41) is 11.4. The Morgan fingerprint density at radius 3 is 3.00 bits per heavy atom. The number of thioether (sulfide) groups is 1. The zero-order chi connectivity index (χ0) is 17.9. The lowest BCUT2D eigenvalue weighted by Gasteiger charge is -1.97. The topological polar surface area (TPSA) is 93.4 Å². The lowest BCUT2D eigenvalue weighted by molar-refractivity contribution is 0.422. The van der Waals surface area contributed by atoms with Crippen LogP contribution in [0.3, 0.4) is 0 Å². The summed E-state index contributed by atoms with van der Waals surface area (Å²) in [4.78, 5) is 12.7. The second kappa shape index (κ2) is 7.34. The van der Waals surface area contributed by atoms with Crippen LogP contribution in [-0.4, -0.2) is 30.3 Å². The fraction of sp³-hybridized carbons (Fsp3) is 0.0625. The molecule has 0 saturated carbocycles. The summed E-state index contributed by atoms with van der Waals surface area (Å²) in [7, 11) is 0. The Morgan fingerprint density at radius 2 is 2.15 bits per heavy atom. The summed E-state index contributed by atoms with van der Waals surface area (Å²) in [6, 6.07) is 8.25. The van der Waals surface area contributed by atoms with Gasteiger partial charge in [0.15, 0.2) is 11.6 Å². The van der Waals surface area contributed by atoms with Crippen LogP contribution in [0.1, 0.15) is 5.82 Å². The molecule has 0 fully saturated rings. The van der Waals surface area contributed by atoms with Gasteiger partial charge in [0.05, 0.1) is 11.3 Å². The number of hydrogen-bond acceptors (Lipinski definition) is 7. The predicted octanol–water partition coefficient (Wildman–Crippen LogP) is 4.11. The molecule has 10 heteroatoms. The zero-order valence-electron chi connectivity index (χ0n) is 13.1. The minimum Gasteiger partial charge on any atom is -0.334 e. The van der Waals surface area contributed by atoms with Gasteiger partial charge in [0.25, 0.3) is 5.89 Å². The number of aromatic nitrogens is 6. The molecule has 0 aliphatic rings. The Bertz CT molecular complexity index is 1040. The molecule has 1 N–H and O–H groups in total. The molecule has 0 saturated heterocycles. The van der Waals surface area contributed by atoms with Gasteiger partial charge in [-0.15, -0.1) is 5.10 Å². The van der Waals surface area contributed by atoms with Gasteiger partial charge >= 0.3 is 0 Å². The molecule has 130 valence electrons. The van der Waals surface area contributed by atoms with E-state index in [4.69, 9.17) is 4.52 Å². The van der Waals surface area contributed by atoms with Gasteiger partial charge in [-0.25, -0.2) is 9.37 Å². The summed E-state index contributed by atoms with van der Waals surface area (Å²) in [6.07, 6.45) is 3.39. The highest BCUT2D eigenvalue weighted by atomic mass is 79.9. The molecule has 26 heavy (non-hydrogen) atoms. The van der Waals surface area contributed by atoms with Crippen LogP contribution in [0.15, 0.2) is 56.9 Å². The molecule has 0 bridgehead atoms. The Balaban J connectivity index is 1.46. The highest BCUT2D eigenvalue weighted by Crippen LogP contribution is 2.26. The number of nitrogens with zero attached hydrogens (tertiary/aromatic N) is 5. The number of pyridine rings is 1. The van der Waals surface area contributed by atoms with Crippen LogP contribution >= 0.6 is 27.7 Å². The summed E-state index contributed by atoms with van der Waals surface area (Å²) in [5.41, 5.74) is 1.10. The predicted molar refractivity (Wildman–Crippen MR) is 96.6 cm³/mol. The van der Waals surface area contributed by atoms with Crippen molar-refractivity contribution in [2.24, 2.45) is 0 Å². The van der Waals surface area contributed by atoms with E-state index in [1.54, 1.807) is 24.5 Å². The summed E-state index contributed by atoms with van der Waals surface area (Å²) >= 11 is 4.64. The van der Waals surface area contributed by atoms with Crippen LogP contribution in [0.4, 0.5) is 4.39 Å². The van der Waals surface area contributed by atoms with Crippen LogP contribution in [0, 0.1) is 5.82 Å². The Hall–Kier alpha value is -2.59. The monoisotopic (exact) mass is 432 g/mol. The summed E-state index contributed by atoms with van der Waals surface area (Å²) < 4.78 is 19.8. The molecule has 7 nitrogen and oxygen atoms in total. The molecule has 0 aliphatic heterocycles. The fourth-order valence-corrected chi connectivity index (χ4v) is 3.16. The van der Waals surface area contributed by atoms with Crippen molar-refractivity contribution in [3.63, 3.8) is 0 Å². The molecule has 0 radical (unpaired) electrons. The second-order valence-corrected chi connectivity index (χ2v) is 7.00. The van der Waals surface area contributed by atoms with Crippen molar-refractivity contribution in [3.8, 4) is 22.8 Å². The third-order valence-corrected chi connectivity index (χ3v) is 4.69. The van der Waals surface area contributed by atoms with Crippen molar-refractivity contribution in [2.45, 2.75) is 10.9 Å². The van der Waals surface area contributed by atoms with E-state index < -0.39 is 5.82 Å². The van der Waals surface area contributed by atoms with Gasteiger partial charge in [0, 0.05) is 22.4 Å². The fourth-order valence-electron chi connectivity index (χ4n) is 2.16. The van der Waals surface area contributed by atoms with Crippen molar-refractivity contribution in [2.75, 3.05) is 0 Å². The van der Waals surface area contributed by atoms with E-state index in [-0.39, 0.29) is 11.5 Å². The van der Waals surface area contributed by atoms with E-state index >= 15 is 0 Å². The summed E-state index contributed by atoms with van der Waals surface area (Å²) in [5.74, 6) is 1.16. The maximum atomic E-state index is 13.9. The average Bonchev–Trinajstić information content (AvgIpc) is 3.32. The first-order chi connectivity index (χ1) is 12.7. The van der Waals surface area contributed by atoms with Crippen LogP contribution in [0.5, 0.6) is 0 Å². The minimum atomic E-state index is -0.425. The van der Waals surface area contributed by atoms with Crippen LogP contribution < -0.4 is 0 Å². The van der Waals surface area contributed by atoms with Crippen molar-refractivity contribution in [1.82, 2.24) is 30.3 Å². The van der Waals surface area contributed by atoms with E-state index in [0.29, 0.717) is 22.6 Å². The largest absolute Gasteiger partial charge is 0.334 e. The lowest BCUT2D eigenvalue weighted by atomic mass is 10.2. The Labute approximate surface area is 159 Å². The van der Waals surface area contributed by atoms with Gasteiger partial charge in [-0.2, -0.15) is 4.98 Å². The molecule has 3 aromatic heterocycles. The standard InChI is InChI=1S/C16H10BrFN6OS/c17-10-3-4-12(18)11(6-10)15-20-13(24-25-15)8-26-16-21-14(22-23-16)9-2-1-5-19-7-9/h1-7H,8H2,(H,21,22,23). The van der Waals surface area contributed by atoms with Crippen LogP contribution in [-0.2, 0) is 5.75 Å². The van der Waals surface area contributed by atoms with Gasteiger partial charge in [-0.1, -0.05) is 32.8 Å². The van der Waals surface area contributed by atoms with Gasteiger partial charge in [-0.05, 0) is 30.3 Å². The lowest BCUT2D eigenvalue weighted by Crippen LogP contribution is -1.87. The van der Waals surface area contributed by atoms with E-state index in [1.165, 1.54) is 17.8 Å². The van der Waals surface area contributed by atoms with Crippen molar-refractivity contribution in [1.29, 1.82) is 0 Å². The average molecular weight is 433 g/mol. The van der Waals surface area contributed by atoms with Crippen molar-refractivity contribution >= 4 is 27.7 Å². The highest BCUT2D eigenvalue weighted by Gasteiger charge is 2.15. The first kappa shape index (κ1) is 16.9. The smallest absolute Gasteiger partial charge is 0.260 e. The number of H-pyrrole nitrogens is 1. The molecular weight excluding hydrogens is 423 g/mol. The van der Waals surface area contributed by atoms with Gasteiger partial charge in [-0.3, -0.25) is 10.1 Å². The quantitative estimate of drug-likeness (QED) is 0.474. The first-order valence-electron chi connectivity index (χ1n) is 7.42. The SMILES string of the molecule is Fc1ccc(Br)cc1-c1nc(CSc2n[nH]c(-c3cccnc3)n2)no1.